The molecular formula is C22H25N3O2S. The Balaban J connectivity index is 1.38. The number of rotatable bonds is 4. The van der Waals surface area contributed by atoms with Gasteiger partial charge < -0.3 is 14.5 Å². The van der Waals surface area contributed by atoms with Crippen LogP contribution < -0.4 is 9.64 Å². The van der Waals surface area contributed by atoms with E-state index in [1.807, 2.05) is 29.2 Å². The average molecular weight is 396 g/mol. The number of ether oxygens (including phenoxy) is 1. The first kappa shape index (κ1) is 18.7. The molecule has 0 aliphatic carbocycles. The fourth-order valence-electron chi connectivity index (χ4n) is 3.68. The molecule has 5 nitrogen and oxygen atoms in total. The van der Waals surface area contributed by atoms with Crippen molar-refractivity contribution in [2.45, 2.75) is 20.3 Å². The summed E-state index contributed by atoms with van der Waals surface area (Å²) < 4.78 is 6.44. The molecule has 0 saturated carbocycles. The maximum Gasteiger partial charge on any atom is 0.227 e. The zero-order chi connectivity index (χ0) is 19.7. The molecule has 1 amide bonds. The van der Waals surface area contributed by atoms with Crippen molar-refractivity contribution in [1.82, 2.24) is 9.88 Å². The molecule has 1 fully saturated rings. The maximum atomic E-state index is 12.7. The Morgan fingerprint density at radius 2 is 1.82 bits per heavy atom. The monoisotopic (exact) mass is 395 g/mol. The zero-order valence-corrected chi connectivity index (χ0v) is 17.4. The summed E-state index contributed by atoms with van der Waals surface area (Å²) in [5, 5.41) is 1.06. The highest BCUT2D eigenvalue weighted by molar-refractivity contribution is 7.22. The molecule has 1 aliphatic heterocycles. The SMILES string of the molecule is COc1ccc(CC(=O)N2CCN(c3nc4cc(C)cc(C)c4s3)CC2)cc1. The Hall–Kier alpha value is -2.60. The molecule has 1 aromatic heterocycles. The van der Waals surface area contributed by atoms with Gasteiger partial charge in [-0.1, -0.05) is 29.5 Å². The van der Waals surface area contributed by atoms with Crippen molar-refractivity contribution < 1.29 is 9.53 Å². The van der Waals surface area contributed by atoms with Gasteiger partial charge in [0, 0.05) is 26.2 Å². The van der Waals surface area contributed by atoms with E-state index in [0.29, 0.717) is 6.42 Å². The number of fused-ring (bicyclic) bond motifs is 1. The van der Waals surface area contributed by atoms with Crippen LogP contribution in [0, 0.1) is 13.8 Å². The van der Waals surface area contributed by atoms with E-state index in [9.17, 15) is 4.79 Å². The molecule has 0 N–H and O–H groups in total. The second-order valence-corrected chi connectivity index (χ2v) is 8.30. The normalized spacial score (nSPS) is 14.5. The second kappa shape index (κ2) is 7.80. The van der Waals surface area contributed by atoms with E-state index in [0.717, 1.165) is 48.1 Å². The molecule has 3 aromatic rings. The van der Waals surface area contributed by atoms with Gasteiger partial charge in [-0.15, -0.1) is 0 Å². The van der Waals surface area contributed by atoms with Gasteiger partial charge in [-0.05, 0) is 48.7 Å². The Morgan fingerprint density at radius 3 is 2.50 bits per heavy atom. The molecule has 0 unspecified atom stereocenters. The van der Waals surface area contributed by atoms with Crippen molar-refractivity contribution in [1.29, 1.82) is 0 Å². The molecule has 28 heavy (non-hydrogen) atoms. The van der Waals surface area contributed by atoms with E-state index >= 15 is 0 Å². The Labute approximate surface area is 169 Å². The number of piperazine rings is 1. The van der Waals surface area contributed by atoms with Gasteiger partial charge in [0.15, 0.2) is 5.13 Å². The van der Waals surface area contributed by atoms with Gasteiger partial charge in [-0.25, -0.2) is 4.98 Å². The van der Waals surface area contributed by atoms with Gasteiger partial charge in [-0.2, -0.15) is 0 Å². The second-order valence-electron chi connectivity index (χ2n) is 7.32. The molecule has 0 spiro atoms. The smallest absolute Gasteiger partial charge is 0.227 e. The molecule has 2 aromatic carbocycles. The van der Waals surface area contributed by atoms with Gasteiger partial charge in [0.05, 0.1) is 23.7 Å². The van der Waals surface area contributed by atoms with Crippen molar-refractivity contribution in [3.8, 4) is 5.75 Å². The quantitative estimate of drug-likeness (QED) is 0.674. The van der Waals surface area contributed by atoms with Crippen molar-refractivity contribution in [2.75, 3.05) is 38.2 Å². The predicted molar refractivity (Wildman–Crippen MR) is 115 cm³/mol. The summed E-state index contributed by atoms with van der Waals surface area (Å²) in [7, 11) is 1.65. The third-order valence-corrected chi connectivity index (χ3v) is 6.49. The largest absolute Gasteiger partial charge is 0.497 e. The van der Waals surface area contributed by atoms with Gasteiger partial charge in [-0.3, -0.25) is 4.79 Å². The van der Waals surface area contributed by atoms with Gasteiger partial charge in [0.25, 0.3) is 0 Å². The summed E-state index contributed by atoms with van der Waals surface area (Å²) in [6, 6.07) is 12.1. The van der Waals surface area contributed by atoms with Crippen LogP contribution in [-0.2, 0) is 11.2 Å². The molecule has 0 radical (unpaired) electrons. The Kier molecular flexibility index (Phi) is 5.22. The highest BCUT2D eigenvalue weighted by Crippen LogP contribution is 2.32. The molecular weight excluding hydrogens is 370 g/mol. The van der Waals surface area contributed by atoms with Crippen molar-refractivity contribution in [3.05, 3.63) is 53.1 Å². The van der Waals surface area contributed by atoms with Gasteiger partial charge in [0.2, 0.25) is 5.91 Å². The van der Waals surface area contributed by atoms with Crippen LogP contribution in [0.3, 0.4) is 0 Å². The molecule has 4 rings (SSSR count). The minimum absolute atomic E-state index is 0.181. The van der Waals surface area contributed by atoms with E-state index in [-0.39, 0.29) is 5.91 Å². The number of benzene rings is 2. The summed E-state index contributed by atoms with van der Waals surface area (Å²) >= 11 is 1.75. The van der Waals surface area contributed by atoms with Crippen molar-refractivity contribution >= 4 is 32.6 Å². The van der Waals surface area contributed by atoms with Crippen molar-refractivity contribution in [2.24, 2.45) is 0 Å². The van der Waals surface area contributed by atoms with Crippen molar-refractivity contribution in [3.63, 3.8) is 0 Å². The molecule has 2 heterocycles. The lowest BCUT2D eigenvalue weighted by atomic mass is 10.1. The fraction of sp³-hybridized carbons (Fsp3) is 0.364. The summed E-state index contributed by atoms with van der Waals surface area (Å²) in [4.78, 5) is 21.8. The van der Waals surface area contributed by atoms with Gasteiger partial charge >= 0.3 is 0 Å². The number of carbonyl (C=O) groups is 1. The average Bonchev–Trinajstić information content (AvgIpc) is 3.13. The predicted octanol–water partition coefficient (Wildman–Crippen LogP) is 3.81. The number of nitrogens with zero attached hydrogens (tertiary/aromatic N) is 3. The molecule has 146 valence electrons. The van der Waals surface area contributed by atoms with E-state index < -0.39 is 0 Å². The number of hydrogen-bond donors (Lipinski definition) is 0. The molecule has 1 aliphatic rings. The summed E-state index contributed by atoms with van der Waals surface area (Å²) in [6.45, 7) is 7.38. The van der Waals surface area contributed by atoms with Crippen LogP contribution in [0.2, 0.25) is 0 Å². The standard InChI is InChI=1S/C22H25N3O2S/c1-15-12-16(2)21-19(13-15)23-22(28-21)25-10-8-24(9-11-25)20(26)14-17-4-6-18(27-3)7-5-17/h4-7,12-13H,8-11,14H2,1-3H3. The van der Waals surface area contributed by atoms with E-state index in [1.54, 1.807) is 18.4 Å². The van der Waals surface area contributed by atoms with Crippen LogP contribution in [0.25, 0.3) is 10.2 Å². The lowest BCUT2D eigenvalue weighted by Gasteiger charge is -2.34. The first-order valence-electron chi connectivity index (χ1n) is 9.57. The minimum atomic E-state index is 0.181. The summed E-state index contributed by atoms with van der Waals surface area (Å²) in [5.74, 6) is 0.992. The number of methoxy groups -OCH3 is 1. The number of aromatic nitrogens is 1. The third kappa shape index (κ3) is 3.83. The van der Waals surface area contributed by atoms with E-state index in [1.165, 1.54) is 15.8 Å². The topological polar surface area (TPSA) is 45.7 Å². The number of hydrogen-bond acceptors (Lipinski definition) is 5. The Bertz CT molecular complexity index is 989. The molecule has 0 bridgehead atoms. The number of thiazole rings is 1. The van der Waals surface area contributed by atoms with Crippen LogP contribution in [0.5, 0.6) is 5.75 Å². The fourth-order valence-corrected chi connectivity index (χ4v) is 4.74. The lowest BCUT2D eigenvalue weighted by Crippen LogP contribution is -2.49. The van der Waals surface area contributed by atoms with Gasteiger partial charge in [0.1, 0.15) is 5.75 Å². The summed E-state index contributed by atoms with van der Waals surface area (Å²) in [6.07, 6.45) is 0.434. The van der Waals surface area contributed by atoms with Crippen LogP contribution in [0.1, 0.15) is 16.7 Å². The van der Waals surface area contributed by atoms with E-state index in [2.05, 4.69) is 30.9 Å². The third-order valence-electron chi connectivity index (χ3n) is 5.23. The molecule has 0 atom stereocenters. The number of amides is 1. The van der Waals surface area contributed by atoms with Crippen LogP contribution in [-0.4, -0.2) is 49.1 Å². The number of carbonyl (C=O) groups excluding carboxylic acids is 1. The first-order chi connectivity index (χ1) is 13.5. The maximum absolute atomic E-state index is 12.7. The highest BCUT2D eigenvalue weighted by atomic mass is 32.1. The highest BCUT2D eigenvalue weighted by Gasteiger charge is 2.23. The first-order valence-corrected chi connectivity index (χ1v) is 10.4. The number of aryl methyl sites for hydroxylation is 2. The Morgan fingerprint density at radius 1 is 1.11 bits per heavy atom. The lowest BCUT2D eigenvalue weighted by molar-refractivity contribution is -0.130. The van der Waals surface area contributed by atoms with Crippen LogP contribution >= 0.6 is 11.3 Å². The van der Waals surface area contributed by atoms with Crippen LogP contribution in [0.4, 0.5) is 5.13 Å². The minimum Gasteiger partial charge on any atom is -0.497 e. The zero-order valence-electron chi connectivity index (χ0n) is 16.6. The van der Waals surface area contributed by atoms with Crippen LogP contribution in [0.15, 0.2) is 36.4 Å². The number of anilines is 1. The molecule has 6 heteroatoms. The summed E-state index contributed by atoms with van der Waals surface area (Å²) in [5.41, 5.74) is 4.63. The van der Waals surface area contributed by atoms with E-state index in [4.69, 9.17) is 9.72 Å². The molecule has 1 saturated heterocycles.